The van der Waals surface area contributed by atoms with E-state index in [2.05, 4.69) is 40.7 Å². The Kier molecular flexibility index (Phi) is 5.07. The normalized spacial score (nSPS) is 24.5. The Bertz CT molecular complexity index is 998. The van der Waals surface area contributed by atoms with Crippen molar-refractivity contribution in [3.63, 3.8) is 0 Å². The molecule has 5 heteroatoms. The maximum absolute atomic E-state index is 11.8. The van der Waals surface area contributed by atoms with Crippen molar-refractivity contribution in [1.29, 1.82) is 0 Å². The summed E-state index contributed by atoms with van der Waals surface area (Å²) in [5.41, 5.74) is 2.32. The van der Waals surface area contributed by atoms with E-state index < -0.39 is 0 Å². The third-order valence-electron chi connectivity index (χ3n) is 6.04. The van der Waals surface area contributed by atoms with Crippen LogP contribution in [0.1, 0.15) is 53.0 Å². The highest BCUT2D eigenvalue weighted by atomic mass is 16.6. The zero-order valence-electron chi connectivity index (χ0n) is 17.9. The summed E-state index contributed by atoms with van der Waals surface area (Å²) in [6, 6.07) is 7.12. The van der Waals surface area contributed by atoms with Crippen molar-refractivity contribution in [2.45, 2.75) is 77.3 Å². The van der Waals surface area contributed by atoms with Crippen molar-refractivity contribution < 1.29 is 18.6 Å². The minimum atomic E-state index is -0.354. The number of fused-ring (bicyclic) bond motifs is 1. The molecule has 0 bridgehead atoms. The molecule has 0 amide bonds. The number of benzene rings is 1. The molecule has 1 aromatic heterocycles. The largest absolute Gasteiger partial charge is 0.489 e. The van der Waals surface area contributed by atoms with Gasteiger partial charge in [-0.05, 0) is 71.7 Å². The maximum Gasteiger partial charge on any atom is 0.336 e. The summed E-state index contributed by atoms with van der Waals surface area (Å²) in [6.45, 7) is 11.0. The highest BCUT2D eigenvalue weighted by Gasteiger charge is 2.48. The monoisotopic (exact) mass is 398 g/mol. The topological polar surface area (TPSA) is 64.5 Å². The Labute approximate surface area is 171 Å². The van der Waals surface area contributed by atoms with Gasteiger partial charge in [0.05, 0.1) is 23.4 Å². The Morgan fingerprint density at radius 2 is 1.72 bits per heavy atom. The number of rotatable bonds is 8. The molecule has 0 spiro atoms. The van der Waals surface area contributed by atoms with Gasteiger partial charge in [0.1, 0.15) is 17.9 Å². The van der Waals surface area contributed by atoms with Crippen LogP contribution in [0.3, 0.4) is 0 Å². The van der Waals surface area contributed by atoms with Crippen LogP contribution < -0.4 is 10.4 Å². The predicted molar refractivity (Wildman–Crippen MR) is 113 cm³/mol. The molecule has 4 rings (SSSR count). The second-order valence-electron chi connectivity index (χ2n) is 9.24. The van der Waals surface area contributed by atoms with Crippen LogP contribution in [-0.2, 0) is 15.9 Å². The van der Waals surface area contributed by atoms with E-state index in [9.17, 15) is 4.79 Å². The minimum absolute atomic E-state index is 0.0410. The molecule has 0 N–H and O–H groups in total. The van der Waals surface area contributed by atoms with E-state index in [0.717, 1.165) is 29.5 Å². The van der Waals surface area contributed by atoms with E-state index in [-0.39, 0.29) is 22.9 Å². The van der Waals surface area contributed by atoms with Gasteiger partial charge in [-0.2, -0.15) is 0 Å². The molecule has 2 aromatic rings. The number of epoxide rings is 2. The Morgan fingerprint density at radius 3 is 2.38 bits per heavy atom. The first-order valence-electron chi connectivity index (χ1n) is 10.4. The van der Waals surface area contributed by atoms with Gasteiger partial charge >= 0.3 is 5.63 Å². The summed E-state index contributed by atoms with van der Waals surface area (Å²) in [5, 5.41) is 0.893. The second-order valence-corrected chi connectivity index (χ2v) is 9.24. The molecule has 0 aliphatic carbocycles. The van der Waals surface area contributed by atoms with Crippen molar-refractivity contribution in [3.8, 4) is 5.75 Å². The predicted octanol–water partition coefficient (Wildman–Crippen LogP) is 4.80. The molecule has 2 fully saturated rings. The summed E-state index contributed by atoms with van der Waals surface area (Å²) in [7, 11) is 0. The van der Waals surface area contributed by atoms with Crippen molar-refractivity contribution in [1.82, 2.24) is 0 Å². The number of ether oxygens (including phenoxy) is 3. The smallest absolute Gasteiger partial charge is 0.336 e. The molecule has 2 saturated heterocycles. The van der Waals surface area contributed by atoms with Crippen LogP contribution in [0.4, 0.5) is 0 Å². The zero-order valence-corrected chi connectivity index (χ0v) is 17.9. The molecule has 3 heterocycles. The first-order chi connectivity index (χ1) is 13.7. The summed E-state index contributed by atoms with van der Waals surface area (Å²) in [4.78, 5) is 11.8. The number of hydrogen-bond donors (Lipinski definition) is 0. The third kappa shape index (κ3) is 4.57. The Morgan fingerprint density at radius 1 is 1.07 bits per heavy atom. The van der Waals surface area contributed by atoms with Crippen molar-refractivity contribution in [3.05, 3.63) is 51.9 Å². The lowest BCUT2D eigenvalue weighted by Gasteiger charge is -2.12. The number of hydrogen-bond acceptors (Lipinski definition) is 5. The average molecular weight is 398 g/mol. The first kappa shape index (κ1) is 20.2. The standard InChI is InChI=1S/C24H30O5/c1-15(6-10-19-23(2,3)28-19)12-13-26-18-9-7-16-8-11-21(25)27-22(16)17(18)14-20-24(4,5)29-20/h7-9,11-12,19-20H,6,10,13-14H2,1-5H3/t19-,20-/m1/s1. The van der Waals surface area contributed by atoms with Gasteiger partial charge in [0.15, 0.2) is 0 Å². The van der Waals surface area contributed by atoms with E-state index in [4.69, 9.17) is 18.6 Å². The van der Waals surface area contributed by atoms with Crippen molar-refractivity contribution in [2.75, 3.05) is 6.61 Å². The minimum Gasteiger partial charge on any atom is -0.489 e. The average Bonchev–Trinajstić information content (AvgIpc) is 3.47. The highest BCUT2D eigenvalue weighted by molar-refractivity contribution is 5.82. The van der Waals surface area contributed by atoms with Gasteiger partial charge in [0.2, 0.25) is 0 Å². The lowest BCUT2D eigenvalue weighted by Crippen LogP contribution is -2.09. The summed E-state index contributed by atoms with van der Waals surface area (Å²) in [6.07, 6.45) is 5.27. The Balaban J connectivity index is 1.47. The van der Waals surface area contributed by atoms with Gasteiger partial charge < -0.3 is 18.6 Å². The van der Waals surface area contributed by atoms with Crippen LogP contribution >= 0.6 is 0 Å². The SMILES string of the molecule is CC(=CCOc1ccc2ccc(=O)oc2c1C[C@H]1OC1(C)C)CC[C@H]1OC1(C)C. The fourth-order valence-electron chi connectivity index (χ4n) is 3.78. The molecular weight excluding hydrogens is 368 g/mol. The summed E-state index contributed by atoms with van der Waals surface area (Å²) >= 11 is 0. The lowest BCUT2D eigenvalue weighted by atomic mass is 10.00. The zero-order chi connectivity index (χ0) is 20.8. The summed E-state index contributed by atoms with van der Waals surface area (Å²) < 4.78 is 23.0. The van der Waals surface area contributed by atoms with Gasteiger partial charge in [-0.25, -0.2) is 4.79 Å². The summed E-state index contributed by atoms with van der Waals surface area (Å²) in [5.74, 6) is 0.744. The first-order valence-corrected chi connectivity index (χ1v) is 10.4. The Hall–Kier alpha value is -2.11. The van der Waals surface area contributed by atoms with E-state index in [0.29, 0.717) is 24.7 Å². The van der Waals surface area contributed by atoms with Gasteiger partial charge in [-0.1, -0.05) is 5.57 Å². The fourth-order valence-corrected chi connectivity index (χ4v) is 3.78. The molecule has 156 valence electrons. The van der Waals surface area contributed by atoms with Gasteiger partial charge in [0.25, 0.3) is 0 Å². The molecule has 0 radical (unpaired) electrons. The second kappa shape index (κ2) is 7.29. The number of allylic oxidation sites excluding steroid dienone is 1. The van der Waals surface area contributed by atoms with E-state index in [1.807, 2.05) is 12.1 Å². The fraction of sp³-hybridized carbons (Fsp3) is 0.542. The van der Waals surface area contributed by atoms with Crippen LogP contribution in [-0.4, -0.2) is 30.0 Å². The van der Waals surface area contributed by atoms with Crippen molar-refractivity contribution in [2.24, 2.45) is 0 Å². The van der Waals surface area contributed by atoms with Gasteiger partial charge in [0, 0.05) is 23.4 Å². The van der Waals surface area contributed by atoms with Crippen LogP contribution in [0.5, 0.6) is 5.75 Å². The maximum atomic E-state index is 11.8. The molecular formula is C24H30O5. The van der Waals surface area contributed by atoms with Crippen molar-refractivity contribution >= 4 is 11.0 Å². The van der Waals surface area contributed by atoms with Gasteiger partial charge in [-0.15, -0.1) is 0 Å². The van der Waals surface area contributed by atoms with Crippen LogP contribution in [0.25, 0.3) is 11.0 Å². The molecule has 5 nitrogen and oxygen atoms in total. The molecule has 29 heavy (non-hydrogen) atoms. The third-order valence-corrected chi connectivity index (χ3v) is 6.04. The van der Waals surface area contributed by atoms with E-state index >= 15 is 0 Å². The molecule has 2 aliphatic rings. The molecule has 2 aliphatic heterocycles. The quantitative estimate of drug-likeness (QED) is 0.363. The van der Waals surface area contributed by atoms with E-state index in [1.165, 1.54) is 11.6 Å². The van der Waals surface area contributed by atoms with E-state index in [1.54, 1.807) is 6.07 Å². The van der Waals surface area contributed by atoms with Crippen LogP contribution in [0.15, 0.2) is 45.1 Å². The van der Waals surface area contributed by atoms with Crippen LogP contribution in [0, 0.1) is 0 Å². The molecule has 2 atom stereocenters. The molecule has 0 unspecified atom stereocenters. The molecule has 1 aromatic carbocycles. The van der Waals surface area contributed by atoms with Gasteiger partial charge in [-0.3, -0.25) is 0 Å². The highest BCUT2D eigenvalue weighted by Crippen LogP contribution is 2.41. The lowest BCUT2D eigenvalue weighted by molar-refractivity contribution is 0.319. The molecule has 0 saturated carbocycles. The van der Waals surface area contributed by atoms with Crippen LogP contribution in [0.2, 0.25) is 0 Å².